The first-order chi connectivity index (χ1) is 19.4. The van der Waals surface area contributed by atoms with Crippen LogP contribution >= 0.6 is 0 Å². The Balaban J connectivity index is 1.17. The van der Waals surface area contributed by atoms with E-state index in [-0.39, 0.29) is 11.8 Å². The van der Waals surface area contributed by atoms with Crippen molar-refractivity contribution in [2.45, 2.75) is 96.4 Å². The topological polar surface area (TPSA) is 74.1 Å². The minimum Gasteiger partial charge on any atom is -0.365 e. The second kappa shape index (κ2) is 11.8. The summed E-state index contributed by atoms with van der Waals surface area (Å²) in [4.78, 5) is 13.7. The molecule has 4 aromatic rings. The molecule has 6 rings (SSSR count). The lowest BCUT2D eigenvalue weighted by molar-refractivity contribution is -0.161. The molecular weight excluding hydrogens is 498 g/mol. The summed E-state index contributed by atoms with van der Waals surface area (Å²) in [6.45, 7) is 8.01. The lowest BCUT2D eigenvalue weighted by atomic mass is 9.93. The first-order valence-electron chi connectivity index (χ1n) is 15.1. The van der Waals surface area contributed by atoms with Gasteiger partial charge in [-0.2, -0.15) is 0 Å². The van der Waals surface area contributed by atoms with Crippen LogP contribution in [0.1, 0.15) is 82.9 Å². The average Bonchev–Trinajstić information content (AvgIpc) is 3.59. The van der Waals surface area contributed by atoms with Crippen molar-refractivity contribution in [1.82, 2.24) is 19.5 Å². The molecule has 212 valence electrons. The average molecular weight is 542 g/mol. The minimum absolute atomic E-state index is 0.0297. The summed E-state index contributed by atoms with van der Waals surface area (Å²) < 4.78 is 14.3. The van der Waals surface area contributed by atoms with E-state index < -0.39 is 0 Å². The van der Waals surface area contributed by atoms with Gasteiger partial charge >= 0.3 is 0 Å². The van der Waals surface area contributed by atoms with Crippen molar-refractivity contribution in [2.24, 2.45) is 5.92 Å². The fourth-order valence-corrected chi connectivity index (χ4v) is 6.44. The summed E-state index contributed by atoms with van der Waals surface area (Å²) in [5, 5.41) is 5.84. The summed E-state index contributed by atoms with van der Waals surface area (Å²) in [6.07, 6.45) is 15.9. The molecule has 1 aliphatic heterocycles. The Kier molecular flexibility index (Phi) is 8.03. The molecule has 0 spiro atoms. The lowest BCUT2D eigenvalue weighted by Gasteiger charge is -2.23. The third-order valence-corrected chi connectivity index (χ3v) is 8.43. The Hall–Kier alpha value is -3.03. The lowest BCUT2D eigenvalue weighted by Crippen LogP contribution is -2.26. The fourth-order valence-electron chi connectivity index (χ4n) is 6.44. The molecule has 0 bridgehead atoms. The summed E-state index contributed by atoms with van der Waals surface area (Å²) in [5.74, 6) is 1.64. The van der Waals surface area contributed by atoms with Crippen molar-refractivity contribution < 1.29 is 9.47 Å². The number of pyridine rings is 1. The molecule has 2 fully saturated rings. The zero-order chi connectivity index (χ0) is 27.5. The molecule has 0 amide bonds. The van der Waals surface area contributed by atoms with Crippen LogP contribution < -0.4 is 5.32 Å². The molecule has 1 saturated carbocycles. The van der Waals surface area contributed by atoms with Gasteiger partial charge in [0.1, 0.15) is 17.8 Å². The van der Waals surface area contributed by atoms with Crippen molar-refractivity contribution in [3.05, 3.63) is 60.2 Å². The van der Waals surface area contributed by atoms with E-state index >= 15 is 0 Å². The number of anilines is 1. The first kappa shape index (κ1) is 27.2. The molecule has 1 aromatic carbocycles. The second-order valence-electron chi connectivity index (χ2n) is 12.7. The number of nitrogens with one attached hydrogen (secondary N) is 1. The number of benzene rings is 1. The number of hydrogen-bond donors (Lipinski definition) is 1. The van der Waals surface area contributed by atoms with Gasteiger partial charge in [0, 0.05) is 41.4 Å². The fraction of sp³-hybridized carbons (Fsp3) is 0.545. The van der Waals surface area contributed by atoms with Crippen molar-refractivity contribution in [2.75, 3.05) is 18.5 Å². The van der Waals surface area contributed by atoms with Crippen molar-refractivity contribution in [3.63, 3.8) is 0 Å². The van der Waals surface area contributed by atoms with Gasteiger partial charge < -0.3 is 19.4 Å². The van der Waals surface area contributed by atoms with Crippen LogP contribution in [-0.2, 0) is 22.3 Å². The smallest absolute Gasteiger partial charge is 0.157 e. The highest BCUT2D eigenvalue weighted by Crippen LogP contribution is 2.39. The molecule has 0 radical (unpaired) electrons. The highest BCUT2D eigenvalue weighted by atomic mass is 16.7. The van der Waals surface area contributed by atoms with Crippen LogP contribution in [0.2, 0.25) is 0 Å². The molecule has 3 aromatic heterocycles. The number of nitrogens with zero attached hydrogens (tertiary/aromatic N) is 4. The molecular formula is C33H43N5O2. The third kappa shape index (κ3) is 6.47. The van der Waals surface area contributed by atoms with Gasteiger partial charge in [0.2, 0.25) is 0 Å². The van der Waals surface area contributed by atoms with Crippen molar-refractivity contribution in [3.8, 4) is 0 Å². The first-order valence-corrected chi connectivity index (χ1v) is 15.1. The summed E-state index contributed by atoms with van der Waals surface area (Å²) in [5.41, 5.74) is 4.88. The van der Waals surface area contributed by atoms with Crippen LogP contribution in [0.15, 0.2) is 49.1 Å². The van der Waals surface area contributed by atoms with E-state index in [9.17, 15) is 0 Å². The maximum absolute atomic E-state index is 6.14. The van der Waals surface area contributed by atoms with E-state index in [1.807, 2.05) is 6.20 Å². The highest BCUT2D eigenvalue weighted by molar-refractivity contribution is 5.82. The molecule has 7 heteroatoms. The molecule has 3 atom stereocenters. The van der Waals surface area contributed by atoms with E-state index in [0.29, 0.717) is 18.6 Å². The Morgan fingerprint density at radius 1 is 1.02 bits per heavy atom. The second-order valence-corrected chi connectivity index (χ2v) is 12.7. The molecule has 7 nitrogen and oxygen atoms in total. The normalized spacial score (nSPS) is 21.8. The molecule has 3 unspecified atom stereocenters. The number of hydrogen-bond acceptors (Lipinski definition) is 6. The van der Waals surface area contributed by atoms with Crippen molar-refractivity contribution in [1.29, 1.82) is 0 Å². The maximum Gasteiger partial charge on any atom is 0.157 e. The van der Waals surface area contributed by atoms with E-state index in [0.717, 1.165) is 54.7 Å². The highest BCUT2D eigenvalue weighted by Gasteiger charge is 2.27. The Labute approximate surface area is 237 Å². The van der Waals surface area contributed by atoms with E-state index in [2.05, 4.69) is 77.2 Å². The van der Waals surface area contributed by atoms with Gasteiger partial charge in [-0.1, -0.05) is 0 Å². The number of ether oxygens (including phenoxy) is 2. The zero-order valence-corrected chi connectivity index (χ0v) is 24.2. The molecule has 4 heterocycles. The van der Waals surface area contributed by atoms with Crippen LogP contribution in [0, 0.1) is 5.92 Å². The van der Waals surface area contributed by atoms with Gasteiger partial charge in [0.25, 0.3) is 0 Å². The summed E-state index contributed by atoms with van der Waals surface area (Å²) in [6, 6.07) is 11.6. The predicted molar refractivity (Wildman–Crippen MR) is 161 cm³/mol. The van der Waals surface area contributed by atoms with Crippen molar-refractivity contribution >= 4 is 27.8 Å². The van der Waals surface area contributed by atoms with E-state index in [1.165, 1.54) is 48.6 Å². The largest absolute Gasteiger partial charge is 0.365 e. The molecule has 1 saturated heterocycles. The molecule has 1 aliphatic carbocycles. The zero-order valence-electron chi connectivity index (χ0n) is 24.2. The maximum atomic E-state index is 6.14. The Bertz CT molecular complexity index is 1440. The van der Waals surface area contributed by atoms with Gasteiger partial charge in [-0.3, -0.25) is 0 Å². The van der Waals surface area contributed by atoms with Gasteiger partial charge in [-0.15, -0.1) is 0 Å². The summed E-state index contributed by atoms with van der Waals surface area (Å²) >= 11 is 0. The van der Waals surface area contributed by atoms with E-state index in [1.54, 1.807) is 6.33 Å². The van der Waals surface area contributed by atoms with Gasteiger partial charge in [-0.05, 0) is 126 Å². The Morgan fingerprint density at radius 3 is 2.77 bits per heavy atom. The number of aromatic nitrogens is 4. The van der Waals surface area contributed by atoms with Gasteiger partial charge in [0.15, 0.2) is 6.29 Å². The van der Waals surface area contributed by atoms with Crippen LogP contribution in [0.25, 0.3) is 21.9 Å². The molecule has 40 heavy (non-hydrogen) atoms. The monoisotopic (exact) mass is 541 g/mol. The van der Waals surface area contributed by atoms with E-state index in [4.69, 9.17) is 14.5 Å². The van der Waals surface area contributed by atoms with Crippen LogP contribution in [0.4, 0.5) is 5.82 Å². The van der Waals surface area contributed by atoms with Gasteiger partial charge in [0.05, 0.1) is 12.1 Å². The third-order valence-electron chi connectivity index (χ3n) is 8.43. The summed E-state index contributed by atoms with van der Waals surface area (Å²) in [7, 11) is 0. The number of fused-ring (bicyclic) bond motifs is 2. The molecule has 1 N–H and O–H groups in total. The quantitative estimate of drug-likeness (QED) is 0.241. The molecule has 2 aliphatic rings. The Morgan fingerprint density at radius 2 is 1.93 bits per heavy atom. The number of aryl methyl sites for hydroxylation is 1. The minimum atomic E-state index is -0.0455. The number of rotatable bonds is 9. The standard InChI is InChI=1S/C33H43N5O2/c1-33(2,3)37-30-12-10-26-19-25(14-17-40-31-6-4-5-16-39-31)24(20-29(26)36-30)9-7-23-8-11-28(18-23)38-15-13-27-21-34-22-35-32(27)38/h10,12-13,15,19-23,28,31H,4-9,11,14,16-18H2,1-3H3,(H,36,37). The van der Waals surface area contributed by atoms with Gasteiger partial charge in [-0.25, -0.2) is 15.0 Å². The predicted octanol–water partition coefficient (Wildman–Crippen LogP) is 7.25. The van der Waals surface area contributed by atoms with Crippen LogP contribution in [0.5, 0.6) is 0 Å². The SMILES string of the molecule is CC(C)(C)Nc1ccc2cc(CCOC3CCCCO3)c(CCC3CCC(n4ccc5cncnc54)C3)cc2n1. The van der Waals surface area contributed by atoms with Crippen LogP contribution in [0.3, 0.4) is 0 Å². The van der Waals surface area contributed by atoms with Crippen LogP contribution in [-0.4, -0.2) is 44.6 Å².